The van der Waals surface area contributed by atoms with Crippen LogP contribution in [-0.4, -0.2) is 9.97 Å². The van der Waals surface area contributed by atoms with Crippen molar-refractivity contribution in [2.75, 3.05) is 0 Å². The van der Waals surface area contributed by atoms with Crippen LogP contribution >= 0.6 is 11.6 Å². The maximum absolute atomic E-state index is 13.1. The lowest BCUT2D eigenvalue weighted by atomic mass is 9.92. The molecule has 0 fully saturated rings. The van der Waals surface area contributed by atoms with Gasteiger partial charge in [-0.15, -0.1) is 0 Å². The molecular weight excluding hydrogens is 227 g/mol. The molecule has 0 atom stereocenters. The number of halogens is 2. The van der Waals surface area contributed by atoms with E-state index in [4.69, 9.17) is 11.6 Å². The number of hydrogen-bond acceptors (Lipinski definition) is 1. The number of hydrogen-bond donors (Lipinski definition) is 1. The Bertz CT molecular complexity index is 526. The number of rotatable bonds is 1. The highest BCUT2D eigenvalue weighted by molar-refractivity contribution is 6.34. The summed E-state index contributed by atoms with van der Waals surface area (Å²) in [6.45, 7) is 6.38. The van der Waals surface area contributed by atoms with Crippen molar-refractivity contribution in [3.05, 3.63) is 28.8 Å². The third-order valence-electron chi connectivity index (χ3n) is 2.25. The average molecular weight is 241 g/mol. The molecule has 0 aliphatic heterocycles. The third-order valence-corrected chi connectivity index (χ3v) is 2.54. The Morgan fingerprint density at radius 1 is 1.38 bits per heavy atom. The highest BCUT2D eigenvalue weighted by Crippen LogP contribution is 2.25. The number of nitrogens with zero attached hydrogens (tertiary/aromatic N) is 1. The Morgan fingerprint density at radius 2 is 2.06 bits per heavy atom. The van der Waals surface area contributed by atoms with Gasteiger partial charge in [0, 0.05) is 6.42 Å². The van der Waals surface area contributed by atoms with Gasteiger partial charge >= 0.3 is 0 Å². The number of aromatic amines is 1. The van der Waals surface area contributed by atoms with Crippen molar-refractivity contribution in [3.63, 3.8) is 0 Å². The van der Waals surface area contributed by atoms with Crippen molar-refractivity contribution in [1.29, 1.82) is 0 Å². The molecule has 4 heteroatoms. The van der Waals surface area contributed by atoms with E-state index in [0.29, 0.717) is 16.1 Å². The summed E-state index contributed by atoms with van der Waals surface area (Å²) in [5, 5.41) is 0.353. The molecule has 0 bridgehead atoms. The van der Waals surface area contributed by atoms with Crippen LogP contribution in [0.15, 0.2) is 12.1 Å². The Labute approximate surface area is 98.8 Å². The molecule has 0 aliphatic rings. The summed E-state index contributed by atoms with van der Waals surface area (Å²) < 4.78 is 13.1. The quantitative estimate of drug-likeness (QED) is 0.804. The second-order valence-corrected chi connectivity index (χ2v) is 5.61. The van der Waals surface area contributed by atoms with Crippen molar-refractivity contribution < 1.29 is 4.39 Å². The lowest BCUT2D eigenvalue weighted by Gasteiger charge is -2.15. The second kappa shape index (κ2) is 3.74. The first-order valence-electron chi connectivity index (χ1n) is 5.19. The molecule has 16 heavy (non-hydrogen) atoms. The highest BCUT2D eigenvalue weighted by Gasteiger charge is 2.15. The Balaban J connectivity index is 2.48. The molecule has 0 radical (unpaired) electrons. The largest absolute Gasteiger partial charge is 0.342 e. The molecule has 0 amide bonds. The number of aromatic nitrogens is 2. The smallest absolute Gasteiger partial charge is 0.126 e. The minimum atomic E-state index is -0.344. The molecule has 0 spiro atoms. The molecule has 0 saturated heterocycles. The van der Waals surface area contributed by atoms with E-state index < -0.39 is 0 Å². The van der Waals surface area contributed by atoms with Crippen LogP contribution in [0, 0.1) is 11.2 Å². The molecule has 2 nitrogen and oxygen atoms in total. The molecule has 0 aliphatic carbocycles. The molecule has 86 valence electrons. The van der Waals surface area contributed by atoms with Crippen molar-refractivity contribution in [3.8, 4) is 0 Å². The van der Waals surface area contributed by atoms with E-state index in [1.54, 1.807) is 0 Å². The highest BCUT2D eigenvalue weighted by atomic mass is 35.5. The van der Waals surface area contributed by atoms with Gasteiger partial charge in [0.2, 0.25) is 0 Å². The average Bonchev–Trinajstić information content (AvgIpc) is 2.43. The van der Waals surface area contributed by atoms with Crippen LogP contribution in [0.4, 0.5) is 4.39 Å². The van der Waals surface area contributed by atoms with E-state index in [9.17, 15) is 4.39 Å². The molecule has 2 aromatic rings. The van der Waals surface area contributed by atoms with Crippen molar-refractivity contribution >= 4 is 22.6 Å². The molecule has 0 saturated carbocycles. The van der Waals surface area contributed by atoms with Crippen LogP contribution in [0.25, 0.3) is 11.0 Å². The standard InChI is InChI=1S/C12H14ClFN2/c1-12(2,3)6-10-15-9-5-7(14)4-8(13)11(9)16-10/h4-5H,6H2,1-3H3,(H,15,16). The monoisotopic (exact) mass is 240 g/mol. The summed E-state index contributed by atoms with van der Waals surface area (Å²) >= 11 is 5.92. The molecule has 0 unspecified atom stereocenters. The summed E-state index contributed by atoms with van der Waals surface area (Å²) in [6, 6.07) is 2.70. The fourth-order valence-corrected chi connectivity index (χ4v) is 1.93. The van der Waals surface area contributed by atoms with Gasteiger partial charge in [-0.2, -0.15) is 0 Å². The van der Waals surface area contributed by atoms with Crippen LogP contribution < -0.4 is 0 Å². The SMILES string of the molecule is CC(C)(C)Cc1nc2c(Cl)cc(F)cc2[nH]1. The van der Waals surface area contributed by atoms with Gasteiger partial charge in [0.15, 0.2) is 0 Å². The fraction of sp³-hybridized carbons (Fsp3) is 0.417. The van der Waals surface area contributed by atoms with Gasteiger partial charge in [-0.1, -0.05) is 32.4 Å². The Morgan fingerprint density at radius 3 is 2.69 bits per heavy atom. The van der Waals surface area contributed by atoms with Gasteiger partial charge in [0.25, 0.3) is 0 Å². The van der Waals surface area contributed by atoms with E-state index in [1.165, 1.54) is 12.1 Å². The molecule has 1 heterocycles. The predicted molar refractivity (Wildman–Crippen MR) is 64.2 cm³/mol. The second-order valence-electron chi connectivity index (χ2n) is 5.20. The van der Waals surface area contributed by atoms with Gasteiger partial charge in [-0.25, -0.2) is 9.37 Å². The van der Waals surface area contributed by atoms with E-state index in [2.05, 4.69) is 30.7 Å². The van der Waals surface area contributed by atoms with Crippen LogP contribution in [0.5, 0.6) is 0 Å². The third kappa shape index (κ3) is 2.35. The predicted octanol–water partition coefficient (Wildman–Crippen LogP) is 3.94. The van der Waals surface area contributed by atoms with Gasteiger partial charge in [-0.3, -0.25) is 0 Å². The molecule has 1 aromatic carbocycles. The molecule has 1 N–H and O–H groups in total. The lowest BCUT2D eigenvalue weighted by Crippen LogP contribution is -2.10. The first-order chi connectivity index (χ1) is 7.35. The first kappa shape index (κ1) is 11.4. The lowest BCUT2D eigenvalue weighted by molar-refractivity contribution is 0.402. The van der Waals surface area contributed by atoms with Gasteiger partial charge in [-0.05, 0) is 17.5 Å². The first-order valence-corrected chi connectivity index (χ1v) is 5.56. The summed E-state index contributed by atoms with van der Waals surface area (Å²) in [4.78, 5) is 7.48. The van der Waals surface area contributed by atoms with Gasteiger partial charge < -0.3 is 4.98 Å². The van der Waals surface area contributed by atoms with Crippen molar-refractivity contribution in [2.24, 2.45) is 5.41 Å². The fourth-order valence-electron chi connectivity index (χ4n) is 1.68. The summed E-state index contributed by atoms with van der Waals surface area (Å²) in [5.74, 6) is 0.499. The zero-order valence-electron chi connectivity index (χ0n) is 9.56. The van der Waals surface area contributed by atoms with Crippen LogP contribution in [-0.2, 0) is 6.42 Å². The number of benzene rings is 1. The van der Waals surface area contributed by atoms with Crippen molar-refractivity contribution in [2.45, 2.75) is 27.2 Å². The van der Waals surface area contributed by atoms with Gasteiger partial charge in [0.05, 0.1) is 10.5 Å². The maximum atomic E-state index is 13.1. The minimum absolute atomic E-state index is 0.138. The normalized spacial score (nSPS) is 12.3. The number of imidazole rings is 1. The topological polar surface area (TPSA) is 28.7 Å². The molecule has 2 rings (SSSR count). The van der Waals surface area contributed by atoms with Crippen LogP contribution in [0.3, 0.4) is 0 Å². The van der Waals surface area contributed by atoms with Crippen molar-refractivity contribution in [1.82, 2.24) is 9.97 Å². The van der Waals surface area contributed by atoms with E-state index in [-0.39, 0.29) is 11.2 Å². The van der Waals surface area contributed by atoms with Gasteiger partial charge in [0.1, 0.15) is 17.2 Å². The molecular formula is C12H14ClFN2. The Hall–Kier alpha value is -1.09. The van der Waals surface area contributed by atoms with E-state index in [0.717, 1.165) is 12.2 Å². The summed E-state index contributed by atoms with van der Waals surface area (Å²) in [5.41, 5.74) is 1.44. The van der Waals surface area contributed by atoms with E-state index in [1.807, 2.05) is 0 Å². The Kier molecular flexibility index (Phi) is 2.66. The number of H-pyrrole nitrogens is 1. The maximum Gasteiger partial charge on any atom is 0.126 e. The zero-order chi connectivity index (χ0) is 11.9. The van der Waals surface area contributed by atoms with Crippen LogP contribution in [0.1, 0.15) is 26.6 Å². The number of nitrogens with one attached hydrogen (secondary N) is 1. The zero-order valence-corrected chi connectivity index (χ0v) is 10.3. The van der Waals surface area contributed by atoms with E-state index >= 15 is 0 Å². The molecule has 1 aromatic heterocycles. The number of fused-ring (bicyclic) bond motifs is 1. The van der Waals surface area contributed by atoms with Crippen LogP contribution in [0.2, 0.25) is 5.02 Å². The summed E-state index contributed by atoms with van der Waals surface area (Å²) in [6.07, 6.45) is 0.805. The summed E-state index contributed by atoms with van der Waals surface area (Å²) in [7, 11) is 0. The minimum Gasteiger partial charge on any atom is -0.342 e.